The summed E-state index contributed by atoms with van der Waals surface area (Å²) in [6.07, 6.45) is 1.68. The lowest BCUT2D eigenvalue weighted by atomic mass is 10.2. The fourth-order valence-corrected chi connectivity index (χ4v) is 2.32. The third kappa shape index (κ3) is 4.20. The molecule has 3 rings (SSSR count). The van der Waals surface area contributed by atoms with Crippen LogP contribution >= 0.6 is 0 Å². The zero-order valence-electron chi connectivity index (χ0n) is 13.2. The van der Waals surface area contributed by atoms with Crippen molar-refractivity contribution < 1.29 is 9.53 Å². The van der Waals surface area contributed by atoms with E-state index in [0.29, 0.717) is 18.1 Å². The quantitative estimate of drug-likeness (QED) is 0.696. The molecular formula is C20H18N2O2. The van der Waals surface area contributed by atoms with Crippen LogP contribution in [0.5, 0.6) is 5.75 Å². The van der Waals surface area contributed by atoms with Crippen molar-refractivity contribution in [1.29, 1.82) is 0 Å². The number of carbonyl (C=O) groups is 1. The van der Waals surface area contributed by atoms with E-state index in [2.05, 4.69) is 4.98 Å². The van der Waals surface area contributed by atoms with Crippen LogP contribution in [0, 0.1) is 0 Å². The standard InChI is InChI=1S/C20H18N2O2/c23-20(16-24-18-11-5-2-6-12-18)22(19-13-7-8-14-21-19)15-17-9-3-1-4-10-17/h1-14H,15-16H2. The molecule has 0 bridgehead atoms. The molecule has 2 aromatic carbocycles. The van der Waals surface area contributed by atoms with Crippen molar-refractivity contribution in [3.63, 3.8) is 0 Å². The molecule has 4 heteroatoms. The third-order valence-electron chi connectivity index (χ3n) is 3.52. The Balaban J connectivity index is 1.75. The van der Waals surface area contributed by atoms with Gasteiger partial charge in [0.2, 0.25) is 0 Å². The molecule has 0 N–H and O–H groups in total. The molecule has 24 heavy (non-hydrogen) atoms. The number of para-hydroxylation sites is 1. The van der Waals surface area contributed by atoms with Gasteiger partial charge < -0.3 is 4.74 Å². The van der Waals surface area contributed by atoms with Gasteiger partial charge in [-0.15, -0.1) is 0 Å². The van der Waals surface area contributed by atoms with Gasteiger partial charge in [0.25, 0.3) is 5.91 Å². The van der Waals surface area contributed by atoms with Crippen molar-refractivity contribution in [3.8, 4) is 5.75 Å². The van der Waals surface area contributed by atoms with Gasteiger partial charge in [-0.05, 0) is 29.8 Å². The summed E-state index contributed by atoms with van der Waals surface area (Å²) in [4.78, 5) is 18.6. The summed E-state index contributed by atoms with van der Waals surface area (Å²) in [5.74, 6) is 1.15. The molecular weight excluding hydrogens is 300 g/mol. The second kappa shape index (κ2) is 7.92. The third-order valence-corrected chi connectivity index (χ3v) is 3.52. The highest BCUT2D eigenvalue weighted by molar-refractivity contribution is 5.93. The van der Waals surface area contributed by atoms with Gasteiger partial charge >= 0.3 is 0 Å². The molecule has 1 amide bonds. The molecule has 1 heterocycles. The number of ether oxygens (including phenoxy) is 1. The number of hydrogen-bond acceptors (Lipinski definition) is 3. The average molecular weight is 318 g/mol. The predicted molar refractivity (Wildman–Crippen MR) is 93.8 cm³/mol. The normalized spacial score (nSPS) is 10.2. The van der Waals surface area contributed by atoms with Crippen molar-refractivity contribution in [2.75, 3.05) is 11.5 Å². The largest absolute Gasteiger partial charge is 0.484 e. The summed E-state index contributed by atoms with van der Waals surface area (Å²) < 4.78 is 5.59. The molecule has 0 fully saturated rings. The Morgan fingerprint density at radius 1 is 0.875 bits per heavy atom. The second-order valence-corrected chi connectivity index (χ2v) is 5.26. The molecule has 1 aromatic heterocycles. The highest BCUT2D eigenvalue weighted by Crippen LogP contribution is 2.15. The number of hydrogen-bond donors (Lipinski definition) is 0. The number of aromatic nitrogens is 1. The first-order valence-electron chi connectivity index (χ1n) is 7.76. The fraction of sp³-hybridized carbons (Fsp3) is 0.100. The number of amides is 1. The minimum Gasteiger partial charge on any atom is -0.484 e. The highest BCUT2D eigenvalue weighted by Gasteiger charge is 2.17. The number of pyridine rings is 1. The van der Waals surface area contributed by atoms with Crippen LogP contribution in [-0.4, -0.2) is 17.5 Å². The summed E-state index contributed by atoms with van der Waals surface area (Å²) in [6, 6.07) is 24.7. The Hall–Kier alpha value is -3.14. The van der Waals surface area contributed by atoms with Crippen LogP contribution in [0.1, 0.15) is 5.56 Å². The van der Waals surface area contributed by atoms with Crippen molar-refractivity contribution in [3.05, 3.63) is 90.6 Å². The van der Waals surface area contributed by atoms with Gasteiger partial charge in [0.1, 0.15) is 11.6 Å². The van der Waals surface area contributed by atoms with Crippen LogP contribution in [0.15, 0.2) is 85.1 Å². The van der Waals surface area contributed by atoms with Gasteiger partial charge in [0.05, 0.1) is 6.54 Å². The molecule has 3 aromatic rings. The van der Waals surface area contributed by atoms with Crippen LogP contribution in [0.3, 0.4) is 0 Å². The van der Waals surface area contributed by atoms with E-state index in [4.69, 9.17) is 4.74 Å². The summed E-state index contributed by atoms with van der Waals surface area (Å²) in [7, 11) is 0. The Morgan fingerprint density at radius 3 is 2.21 bits per heavy atom. The van der Waals surface area contributed by atoms with E-state index in [-0.39, 0.29) is 12.5 Å². The first-order chi connectivity index (χ1) is 11.8. The predicted octanol–water partition coefficient (Wildman–Crippen LogP) is 3.69. The lowest BCUT2D eigenvalue weighted by Crippen LogP contribution is -2.35. The van der Waals surface area contributed by atoms with Gasteiger partial charge in [-0.3, -0.25) is 9.69 Å². The van der Waals surface area contributed by atoms with Gasteiger partial charge in [-0.25, -0.2) is 4.98 Å². The van der Waals surface area contributed by atoms with Crippen molar-refractivity contribution >= 4 is 11.7 Å². The minimum atomic E-state index is -0.138. The van der Waals surface area contributed by atoms with Crippen molar-refractivity contribution in [1.82, 2.24) is 4.98 Å². The lowest BCUT2D eigenvalue weighted by molar-refractivity contribution is -0.120. The van der Waals surface area contributed by atoms with Crippen LogP contribution in [0.4, 0.5) is 5.82 Å². The molecule has 0 unspecified atom stereocenters. The van der Waals surface area contributed by atoms with Crippen LogP contribution in [-0.2, 0) is 11.3 Å². The number of nitrogens with zero attached hydrogens (tertiary/aromatic N) is 2. The molecule has 0 aliphatic heterocycles. The number of carbonyl (C=O) groups excluding carboxylic acids is 1. The van der Waals surface area contributed by atoms with Gasteiger partial charge in [0.15, 0.2) is 6.61 Å². The highest BCUT2D eigenvalue weighted by atomic mass is 16.5. The van der Waals surface area contributed by atoms with Gasteiger partial charge in [-0.1, -0.05) is 54.6 Å². The molecule has 0 saturated heterocycles. The Kier molecular flexibility index (Phi) is 5.20. The first kappa shape index (κ1) is 15.7. The molecule has 0 radical (unpaired) electrons. The molecule has 0 atom stereocenters. The fourth-order valence-electron chi connectivity index (χ4n) is 2.32. The molecule has 0 aliphatic rings. The number of rotatable bonds is 6. The number of benzene rings is 2. The zero-order chi connectivity index (χ0) is 16.6. The maximum absolute atomic E-state index is 12.7. The molecule has 120 valence electrons. The monoisotopic (exact) mass is 318 g/mol. The molecule has 4 nitrogen and oxygen atoms in total. The van der Waals surface area contributed by atoms with E-state index in [0.717, 1.165) is 5.56 Å². The van der Waals surface area contributed by atoms with E-state index < -0.39 is 0 Å². The Bertz CT molecular complexity index is 761. The van der Waals surface area contributed by atoms with E-state index >= 15 is 0 Å². The molecule has 0 spiro atoms. The van der Waals surface area contributed by atoms with Crippen molar-refractivity contribution in [2.45, 2.75) is 6.54 Å². The summed E-state index contributed by atoms with van der Waals surface area (Å²) in [5.41, 5.74) is 1.04. The average Bonchev–Trinajstić information content (AvgIpc) is 2.66. The summed E-state index contributed by atoms with van der Waals surface area (Å²) in [5, 5.41) is 0. The lowest BCUT2D eigenvalue weighted by Gasteiger charge is -2.22. The van der Waals surface area contributed by atoms with E-state index in [1.165, 1.54) is 0 Å². The van der Waals surface area contributed by atoms with Gasteiger partial charge in [-0.2, -0.15) is 0 Å². The SMILES string of the molecule is O=C(COc1ccccc1)N(Cc1ccccc1)c1ccccn1. The summed E-state index contributed by atoms with van der Waals surface area (Å²) >= 11 is 0. The maximum atomic E-state index is 12.7. The van der Waals surface area contributed by atoms with Crippen molar-refractivity contribution in [2.24, 2.45) is 0 Å². The van der Waals surface area contributed by atoms with Gasteiger partial charge in [0, 0.05) is 6.20 Å². The number of anilines is 1. The molecule has 0 aliphatic carbocycles. The van der Waals surface area contributed by atoms with Crippen LogP contribution < -0.4 is 9.64 Å². The van der Waals surface area contributed by atoms with Crippen LogP contribution in [0.2, 0.25) is 0 Å². The summed E-state index contributed by atoms with van der Waals surface area (Å²) in [6.45, 7) is 0.419. The van der Waals surface area contributed by atoms with E-state index in [1.54, 1.807) is 11.1 Å². The minimum absolute atomic E-state index is 0.0343. The van der Waals surface area contributed by atoms with E-state index in [9.17, 15) is 4.79 Å². The Morgan fingerprint density at radius 2 is 1.54 bits per heavy atom. The first-order valence-corrected chi connectivity index (χ1v) is 7.76. The van der Waals surface area contributed by atoms with E-state index in [1.807, 2.05) is 78.9 Å². The maximum Gasteiger partial charge on any atom is 0.266 e. The molecule has 0 saturated carbocycles. The zero-order valence-corrected chi connectivity index (χ0v) is 13.2. The Labute approximate surface area is 141 Å². The topological polar surface area (TPSA) is 42.4 Å². The second-order valence-electron chi connectivity index (χ2n) is 5.26. The van der Waals surface area contributed by atoms with Crippen LogP contribution in [0.25, 0.3) is 0 Å². The smallest absolute Gasteiger partial charge is 0.266 e.